The Morgan fingerprint density at radius 2 is 2.07 bits per heavy atom. The highest BCUT2D eigenvalue weighted by atomic mass is 16.6. The van der Waals surface area contributed by atoms with Crippen LogP contribution >= 0.6 is 0 Å². The molecule has 1 saturated heterocycles. The minimum Gasteiger partial charge on any atom is -0.449 e. The van der Waals surface area contributed by atoms with Gasteiger partial charge in [0.2, 0.25) is 5.91 Å². The maximum Gasteiger partial charge on any atom is 0.409 e. The summed E-state index contributed by atoms with van der Waals surface area (Å²) in [6.07, 6.45) is 2.83. The number of Topliss-reactive ketones (excluding diaryl/α,β-unsaturated/α-hetero) is 1. The van der Waals surface area contributed by atoms with E-state index in [1.54, 1.807) is 11.1 Å². The first-order chi connectivity index (χ1) is 13.0. The van der Waals surface area contributed by atoms with Gasteiger partial charge in [0.05, 0.1) is 6.61 Å². The summed E-state index contributed by atoms with van der Waals surface area (Å²) in [4.78, 5) is 38.0. The Hall–Kier alpha value is -2.83. The normalized spacial score (nSPS) is 15.5. The number of ether oxygens (including phenoxy) is 1. The molecule has 0 radical (unpaired) electrons. The molecule has 3 rings (SSSR count). The molecule has 144 valence electrons. The van der Waals surface area contributed by atoms with E-state index >= 15 is 0 Å². The lowest BCUT2D eigenvalue weighted by Gasteiger charge is -2.26. The van der Waals surface area contributed by atoms with E-state index in [4.69, 9.17) is 4.74 Å². The van der Waals surface area contributed by atoms with Crippen molar-refractivity contribution in [1.29, 1.82) is 0 Å². The van der Waals surface area contributed by atoms with Gasteiger partial charge in [0.1, 0.15) is 6.04 Å². The summed E-state index contributed by atoms with van der Waals surface area (Å²) in [5, 5.41) is 3.76. The summed E-state index contributed by atoms with van der Waals surface area (Å²) in [7, 11) is 0. The zero-order chi connectivity index (χ0) is 19.4. The number of amides is 2. The Bertz CT molecular complexity index is 858. The number of aromatic nitrogens is 1. The molecule has 7 heteroatoms. The van der Waals surface area contributed by atoms with E-state index in [9.17, 15) is 14.4 Å². The molecule has 0 unspecified atom stereocenters. The van der Waals surface area contributed by atoms with Gasteiger partial charge in [-0.2, -0.15) is 0 Å². The average Bonchev–Trinajstić information content (AvgIpc) is 3.04. The molecule has 1 aliphatic rings. The number of nitrogens with one attached hydrogen (secondary N) is 1. The number of carbonyl (C=O) groups excluding carboxylic acids is 3. The second-order valence-corrected chi connectivity index (χ2v) is 6.69. The minimum atomic E-state index is -0.420. The van der Waals surface area contributed by atoms with E-state index in [1.165, 1.54) is 6.92 Å². The molecule has 0 saturated carbocycles. The topological polar surface area (TPSA) is 80.6 Å². The third kappa shape index (κ3) is 3.97. The van der Waals surface area contributed by atoms with Crippen molar-refractivity contribution >= 4 is 28.7 Å². The van der Waals surface area contributed by atoms with Gasteiger partial charge in [0, 0.05) is 42.3 Å². The fraction of sp³-hybridized carbons (Fsp3) is 0.450. The molecule has 0 aliphatic carbocycles. The van der Waals surface area contributed by atoms with Gasteiger partial charge in [0.15, 0.2) is 5.78 Å². The number of nitrogens with zero attached hydrogens (tertiary/aromatic N) is 2. The molecule has 27 heavy (non-hydrogen) atoms. The van der Waals surface area contributed by atoms with Crippen LogP contribution in [0.3, 0.4) is 0 Å². The van der Waals surface area contributed by atoms with Gasteiger partial charge in [-0.15, -0.1) is 0 Å². The molecule has 1 aromatic carbocycles. The van der Waals surface area contributed by atoms with Crippen molar-refractivity contribution in [2.75, 3.05) is 26.2 Å². The monoisotopic (exact) mass is 371 g/mol. The Balaban J connectivity index is 1.73. The molecule has 1 aromatic heterocycles. The van der Waals surface area contributed by atoms with Crippen LogP contribution in [0.4, 0.5) is 4.79 Å². The summed E-state index contributed by atoms with van der Waals surface area (Å²) in [6, 6.07) is 7.18. The van der Waals surface area contributed by atoms with E-state index in [0.29, 0.717) is 38.2 Å². The number of cyclic esters (lactones) is 1. The van der Waals surface area contributed by atoms with Gasteiger partial charge in [0.25, 0.3) is 0 Å². The van der Waals surface area contributed by atoms with Gasteiger partial charge in [-0.1, -0.05) is 25.1 Å². The first kappa shape index (κ1) is 18.9. The van der Waals surface area contributed by atoms with Crippen LogP contribution in [0.2, 0.25) is 0 Å². The van der Waals surface area contributed by atoms with Gasteiger partial charge in [-0.25, -0.2) is 4.79 Å². The van der Waals surface area contributed by atoms with Gasteiger partial charge < -0.3 is 19.5 Å². The van der Waals surface area contributed by atoms with E-state index in [1.807, 2.05) is 35.8 Å². The van der Waals surface area contributed by atoms with Gasteiger partial charge in [-0.05, 0) is 25.8 Å². The molecule has 2 aromatic rings. The lowest BCUT2D eigenvalue weighted by molar-refractivity contribution is -0.124. The second kappa shape index (κ2) is 8.24. The van der Waals surface area contributed by atoms with Crippen molar-refractivity contribution in [3.63, 3.8) is 0 Å². The van der Waals surface area contributed by atoms with Crippen molar-refractivity contribution < 1.29 is 19.1 Å². The number of hydrogen-bond donors (Lipinski definition) is 1. The Labute approximate surface area is 158 Å². The summed E-state index contributed by atoms with van der Waals surface area (Å²) in [5.41, 5.74) is 1.48. The fourth-order valence-electron chi connectivity index (χ4n) is 3.48. The van der Waals surface area contributed by atoms with E-state index in [-0.39, 0.29) is 17.8 Å². The average molecular weight is 371 g/mol. The molecule has 2 amide bonds. The Morgan fingerprint density at radius 3 is 2.78 bits per heavy atom. The van der Waals surface area contributed by atoms with Gasteiger partial charge >= 0.3 is 6.09 Å². The molecule has 0 bridgehead atoms. The second-order valence-electron chi connectivity index (χ2n) is 6.69. The highest BCUT2D eigenvalue weighted by Gasteiger charge is 2.23. The minimum absolute atomic E-state index is 0.0242. The zero-order valence-electron chi connectivity index (χ0n) is 15.7. The molecule has 1 aliphatic heterocycles. The van der Waals surface area contributed by atoms with Crippen LogP contribution < -0.4 is 5.32 Å². The van der Waals surface area contributed by atoms with Crippen molar-refractivity contribution in [2.24, 2.45) is 0 Å². The first-order valence-corrected chi connectivity index (χ1v) is 9.32. The zero-order valence-corrected chi connectivity index (χ0v) is 15.7. The van der Waals surface area contributed by atoms with Crippen molar-refractivity contribution in [3.8, 4) is 0 Å². The van der Waals surface area contributed by atoms with Crippen LogP contribution in [-0.2, 0) is 9.53 Å². The predicted molar refractivity (Wildman–Crippen MR) is 102 cm³/mol. The Kier molecular flexibility index (Phi) is 5.78. The molecule has 0 spiro atoms. The van der Waals surface area contributed by atoms with Crippen LogP contribution in [0, 0.1) is 0 Å². The van der Waals surface area contributed by atoms with Crippen LogP contribution in [0.25, 0.3) is 10.9 Å². The lowest BCUT2D eigenvalue weighted by Crippen LogP contribution is -2.43. The maximum absolute atomic E-state index is 12.8. The van der Waals surface area contributed by atoms with Crippen molar-refractivity contribution in [3.05, 3.63) is 36.0 Å². The molecule has 2 heterocycles. The number of ketones is 1. The summed E-state index contributed by atoms with van der Waals surface area (Å²) < 4.78 is 6.87. The molecular formula is C20H25N3O4. The molecular weight excluding hydrogens is 346 g/mol. The quantitative estimate of drug-likeness (QED) is 0.759. The largest absolute Gasteiger partial charge is 0.449 e. The summed E-state index contributed by atoms with van der Waals surface area (Å²) in [6.45, 7) is 5.36. The van der Waals surface area contributed by atoms with E-state index < -0.39 is 6.04 Å². The lowest BCUT2D eigenvalue weighted by atomic mass is 10.1. The molecule has 1 atom stereocenters. The van der Waals surface area contributed by atoms with Gasteiger partial charge in [-0.3, -0.25) is 9.59 Å². The number of para-hydroxylation sites is 1. The third-order valence-corrected chi connectivity index (χ3v) is 4.88. The third-order valence-electron chi connectivity index (χ3n) is 4.88. The number of rotatable bonds is 7. The number of benzene rings is 1. The highest BCUT2D eigenvalue weighted by Crippen LogP contribution is 2.26. The maximum atomic E-state index is 12.8. The number of fused-ring (bicyclic) bond motifs is 1. The summed E-state index contributed by atoms with van der Waals surface area (Å²) >= 11 is 0. The SMILES string of the molecule is CC[C@H](C(=O)NCCN1CCCOC1=O)n1cc(C(C)=O)c2ccccc21. The van der Waals surface area contributed by atoms with Crippen molar-refractivity contribution in [1.82, 2.24) is 14.8 Å². The van der Waals surface area contributed by atoms with Crippen LogP contribution in [0.5, 0.6) is 0 Å². The Morgan fingerprint density at radius 1 is 1.30 bits per heavy atom. The smallest absolute Gasteiger partial charge is 0.409 e. The number of hydrogen-bond acceptors (Lipinski definition) is 4. The van der Waals surface area contributed by atoms with Crippen LogP contribution in [0.15, 0.2) is 30.5 Å². The molecule has 1 fully saturated rings. The summed E-state index contributed by atoms with van der Waals surface area (Å²) in [5.74, 6) is -0.150. The van der Waals surface area contributed by atoms with E-state index in [0.717, 1.165) is 17.3 Å². The standard InChI is InChI=1S/C20H25N3O4/c1-3-17(19(25)21-9-11-22-10-6-12-27-20(22)26)23-13-16(14(2)24)15-7-4-5-8-18(15)23/h4-5,7-8,13,17H,3,6,9-12H2,1-2H3,(H,21,25)/t17-/m1/s1. The van der Waals surface area contributed by atoms with Crippen molar-refractivity contribution in [2.45, 2.75) is 32.7 Å². The first-order valence-electron chi connectivity index (χ1n) is 9.32. The highest BCUT2D eigenvalue weighted by molar-refractivity contribution is 6.07. The van der Waals surface area contributed by atoms with Crippen LogP contribution in [-0.4, -0.2) is 53.5 Å². The predicted octanol–water partition coefficient (Wildman–Crippen LogP) is 2.75. The molecule has 7 nitrogen and oxygen atoms in total. The van der Waals surface area contributed by atoms with E-state index in [2.05, 4.69) is 5.32 Å². The fourth-order valence-corrected chi connectivity index (χ4v) is 3.48. The molecule has 1 N–H and O–H groups in total. The van der Waals surface area contributed by atoms with Crippen LogP contribution in [0.1, 0.15) is 43.1 Å². The number of carbonyl (C=O) groups is 3.